The minimum atomic E-state index is 0.0917. The van der Waals surface area contributed by atoms with E-state index >= 15 is 0 Å². The fourth-order valence-electron chi connectivity index (χ4n) is 2.36. The summed E-state index contributed by atoms with van der Waals surface area (Å²) in [4.78, 5) is 12.2. The number of carbonyl (C=O) groups excluding carboxylic acids is 1. The Morgan fingerprint density at radius 3 is 2.62 bits per heavy atom. The largest absolute Gasteiger partial charge is 0.355 e. The van der Waals surface area contributed by atoms with Crippen molar-refractivity contribution in [1.29, 1.82) is 0 Å². The van der Waals surface area contributed by atoms with Gasteiger partial charge in [-0.05, 0) is 28.2 Å². The maximum absolute atomic E-state index is 12.2. The van der Waals surface area contributed by atoms with E-state index in [2.05, 4.69) is 53.3 Å². The van der Waals surface area contributed by atoms with Crippen molar-refractivity contribution < 1.29 is 4.79 Å². The van der Waals surface area contributed by atoms with Crippen molar-refractivity contribution in [1.82, 2.24) is 5.32 Å². The molecule has 0 aliphatic carbocycles. The summed E-state index contributed by atoms with van der Waals surface area (Å²) < 4.78 is 0. The van der Waals surface area contributed by atoms with Crippen molar-refractivity contribution >= 4 is 32.6 Å². The molecule has 0 aliphatic heterocycles. The lowest BCUT2D eigenvalue weighted by molar-refractivity contribution is -0.120. The maximum Gasteiger partial charge on any atom is 0.224 e. The van der Waals surface area contributed by atoms with E-state index < -0.39 is 0 Å². The SMILES string of the molecule is CC(C)(CCBr)CNC(=O)Cc1cccc2ccccc12. The molecule has 2 rings (SSSR count). The first-order chi connectivity index (χ1) is 10.0. The molecule has 0 heterocycles. The van der Waals surface area contributed by atoms with E-state index in [1.165, 1.54) is 5.39 Å². The molecule has 0 aromatic heterocycles. The van der Waals surface area contributed by atoms with Crippen LogP contribution in [0.5, 0.6) is 0 Å². The Morgan fingerprint density at radius 1 is 1.14 bits per heavy atom. The third-order valence-corrected chi connectivity index (χ3v) is 4.16. The summed E-state index contributed by atoms with van der Waals surface area (Å²) in [6.45, 7) is 5.06. The van der Waals surface area contributed by atoms with Crippen LogP contribution in [0, 0.1) is 5.41 Å². The maximum atomic E-state index is 12.2. The Bertz CT molecular complexity index is 616. The standard InChI is InChI=1S/C18H22BrNO/c1-18(2,10-11-19)13-20-17(21)12-15-8-5-7-14-6-3-4-9-16(14)15/h3-9H,10-13H2,1-2H3,(H,20,21). The molecule has 2 nitrogen and oxygen atoms in total. The predicted molar refractivity (Wildman–Crippen MR) is 92.9 cm³/mol. The first kappa shape index (κ1) is 16.0. The summed E-state index contributed by atoms with van der Waals surface area (Å²) in [5, 5.41) is 6.36. The molecule has 2 aromatic carbocycles. The number of fused-ring (bicyclic) bond motifs is 1. The van der Waals surface area contributed by atoms with E-state index in [0.29, 0.717) is 13.0 Å². The molecule has 0 spiro atoms. The average Bonchev–Trinajstić information content (AvgIpc) is 2.46. The highest BCUT2D eigenvalue weighted by Crippen LogP contribution is 2.21. The van der Waals surface area contributed by atoms with E-state index in [9.17, 15) is 4.79 Å². The molecule has 0 saturated heterocycles. The molecule has 3 heteroatoms. The normalized spacial score (nSPS) is 11.6. The van der Waals surface area contributed by atoms with Gasteiger partial charge in [-0.3, -0.25) is 4.79 Å². The van der Waals surface area contributed by atoms with Gasteiger partial charge in [0.25, 0.3) is 0 Å². The fourth-order valence-corrected chi connectivity index (χ4v) is 3.44. The summed E-state index contributed by atoms with van der Waals surface area (Å²) in [6.07, 6.45) is 1.48. The smallest absolute Gasteiger partial charge is 0.224 e. The number of rotatable bonds is 6. The van der Waals surface area contributed by atoms with Crippen molar-refractivity contribution in [2.24, 2.45) is 5.41 Å². The average molecular weight is 348 g/mol. The van der Waals surface area contributed by atoms with Gasteiger partial charge in [0, 0.05) is 11.9 Å². The lowest BCUT2D eigenvalue weighted by Gasteiger charge is -2.24. The zero-order valence-electron chi connectivity index (χ0n) is 12.7. The van der Waals surface area contributed by atoms with E-state index in [4.69, 9.17) is 0 Å². The highest BCUT2D eigenvalue weighted by atomic mass is 79.9. The van der Waals surface area contributed by atoms with Gasteiger partial charge < -0.3 is 5.32 Å². The van der Waals surface area contributed by atoms with Crippen LogP contribution in [0.4, 0.5) is 0 Å². The molecule has 0 saturated carbocycles. The summed E-state index contributed by atoms with van der Waals surface area (Å²) in [7, 11) is 0. The number of hydrogen-bond donors (Lipinski definition) is 1. The molecule has 0 unspecified atom stereocenters. The van der Waals surface area contributed by atoms with Gasteiger partial charge in [-0.25, -0.2) is 0 Å². The van der Waals surface area contributed by atoms with E-state index in [-0.39, 0.29) is 11.3 Å². The lowest BCUT2D eigenvalue weighted by atomic mass is 9.90. The molecule has 1 amide bonds. The Kier molecular flexibility index (Phi) is 5.40. The van der Waals surface area contributed by atoms with Crippen molar-refractivity contribution in [3.63, 3.8) is 0 Å². The second-order valence-electron chi connectivity index (χ2n) is 6.19. The summed E-state index contributed by atoms with van der Waals surface area (Å²) >= 11 is 3.46. The number of halogens is 1. The van der Waals surface area contributed by atoms with Gasteiger partial charge in [0.15, 0.2) is 0 Å². The monoisotopic (exact) mass is 347 g/mol. The van der Waals surface area contributed by atoms with Gasteiger partial charge >= 0.3 is 0 Å². The third kappa shape index (κ3) is 4.57. The van der Waals surface area contributed by atoms with Crippen LogP contribution in [-0.4, -0.2) is 17.8 Å². The Labute approximate surface area is 135 Å². The number of alkyl halides is 1. The van der Waals surface area contributed by atoms with Gasteiger partial charge in [-0.15, -0.1) is 0 Å². The molecule has 0 fully saturated rings. The topological polar surface area (TPSA) is 29.1 Å². The molecule has 0 aliphatic rings. The van der Waals surface area contributed by atoms with Crippen molar-refractivity contribution in [3.05, 3.63) is 48.0 Å². The molecule has 112 valence electrons. The van der Waals surface area contributed by atoms with Crippen LogP contribution in [0.1, 0.15) is 25.8 Å². The second kappa shape index (κ2) is 7.08. The van der Waals surface area contributed by atoms with E-state index in [1.807, 2.05) is 24.3 Å². The first-order valence-electron chi connectivity index (χ1n) is 7.31. The Hall–Kier alpha value is -1.35. The highest BCUT2D eigenvalue weighted by molar-refractivity contribution is 9.09. The third-order valence-electron chi connectivity index (χ3n) is 3.77. The predicted octanol–water partition coefficient (Wildman–Crippen LogP) is 4.31. The minimum Gasteiger partial charge on any atom is -0.355 e. The van der Waals surface area contributed by atoms with Crippen molar-refractivity contribution in [2.75, 3.05) is 11.9 Å². The Balaban J connectivity index is 2.02. The molecule has 1 N–H and O–H groups in total. The summed E-state index contributed by atoms with van der Waals surface area (Å²) in [5.74, 6) is 0.0917. The van der Waals surface area contributed by atoms with Crippen LogP contribution in [0.15, 0.2) is 42.5 Å². The molecule has 0 atom stereocenters. The highest BCUT2D eigenvalue weighted by Gasteiger charge is 2.18. The molecule has 0 radical (unpaired) electrons. The van der Waals surface area contributed by atoms with Gasteiger partial charge in [-0.2, -0.15) is 0 Å². The van der Waals surface area contributed by atoms with Crippen LogP contribution >= 0.6 is 15.9 Å². The Morgan fingerprint density at radius 2 is 1.86 bits per heavy atom. The van der Waals surface area contributed by atoms with E-state index in [1.54, 1.807) is 0 Å². The zero-order chi connectivity index (χ0) is 15.3. The van der Waals surface area contributed by atoms with Crippen LogP contribution in [0.25, 0.3) is 10.8 Å². The van der Waals surface area contributed by atoms with Gasteiger partial charge in [0.1, 0.15) is 0 Å². The van der Waals surface area contributed by atoms with Crippen LogP contribution in [0.3, 0.4) is 0 Å². The summed E-state index contributed by atoms with van der Waals surface area (Å²) in [5.41, 5.74) is 1.21. The number of hydrogen-bond acceptors (Lipinski definition) is 1. The fraction of sp³-hybridized carbons (Fsp3) is 0.389. The zero-order valence-corrected chi connectivity index (χ0v) is 14.2. The molecular formula is C18H22BrNO. The minimum absolute atomic E-state index is 0.0917. The number of nitrogens with one attached hydrogen (secondary N) is 1. The van der Waals surface area contributed by atoms with Gasteiger partial charge in [0.05, 0.1) is 6.42 Å². The van der Waals surface area contributed by atoms with Crippen LogP contribution in [-0.2, 0) is 11.2 Å². The van der Waals surface area contributed by atoms with Crippen LogP contribution in [0.2, 0.25) is 0 Å². The first-order valence-corrected chi connectivity index (χ1v) is 8.43. The van der Waals surface area contributed by atoms with Crippen LogP contribution < -0.4 is 5.32 Å². The molecule has 21 heavy (non-hydrogen) atoms. The summed E-state index contributed by atoms with van der Waals surface area (Å²) in [6, 6.07) is 14.3. The molecular weight excluding hydrogens is 326 g/mol. The van der Waals surface area contributed by atoms with Gasteiger partial charge in [0.2, 0.25) is 5.91 Å². The van der Waals surface area contributed by atoms with E-state index in [0.717, 1.165) is 22.7 Å². The quantitative estimate of drug-likeness (QED) is 0.775. The second-order valence-corrected chi connectivity index (χ2v) is 6.99. The lowest BCUT2D eigenvalue weighted by Crippen LogP contribution is -2.35. The number of benzene rings is 2. The number of amides is 1. The van der Waals surface area contributed by atoms with Gasteiger partial charge in [-0.1, -0.05) is 72.2 Å². The molecule has 2 aromatic rings. The molecule has 0 bridgehead atoms. The van der Waals surface area contributed by atoms with Crippen molar-refractivity contribution in [3.8, 4) is 0 Å². The van der Waals surface area contributed by atoms with Crippen molar-refractivity contribution in [2.45, 2.75) is 26.7 Å². The number of carbonyl (C=O) groups is 1.